The molecule has 0 N–H and O–H groups in total. The van der Waals surface area contributed by atoms with Crippen molar-refractivity contribution in [1.82, 2.24) is 10.2 Å². The minimum absolute atomic E-state index is 0.0885. The molecule has 0 bridgehead atoms. The molecular formula is C12H12N4O3S2. The number of ether oxygens (including phenoxy) is 1. The van der Waals surface area contributed by atoms with E-state index in [-0.39, 0.29) is 10.6 Å². The van der Waals surface area contributed by atoms with E-state index in [4.69, 9.17) is 4.74 Å². The summed E-state index contributed by atoms with van der Waals surface area (Å²) in [4.78, 5) is 13.3. The third-order valence-electron chi connectivity index (χ3n) is 2.94. The Labute approximate surface area is 129 Å². The van der Waals surface area contributed by atoms with Crippen LogP contribution in [-0.2, 0) is 4.74 Å². The molecule has 1 aliphatic rings. The molecule has 3 rings (SSSR count). The Morgan fingerprint density at radius 2 is 2.05 bits per heavy atom. The predicted octanol–water partition coefficient (Wildman–Crippen LogP) is 2.43. The highest BCUT2D eigenvalue weighted by Crippen LogP contribution is 2.37. The summed E-state index contributed by atoms with van der Waals surface area (Å²) in [6.45, 7) is 2.97. The number of anilines is 1. The molecule has 1 aliphatic heterocycles. The molecule has 0 spiro atoms. The van der Waals surface area contributed by atoms with Crippen LogP contribution in [0.2, 0.25) is 0 Å². The lowest BCUT2D eigenvalue weighted by Crippen LogP contribution is -2.36. The fraction of sp³-hybridized carbons (Fsp3) is 0.333. The molecule has 7 nitrogen and oxygen atoms in total. The van der Waals surface area contributed by atoms with Crippen LogP contribution < -0.4 is 4.90 Å². The van der Waals surface area contributed by atoms with Gasteiger partial charge in [0.05, 0.1) is 23.0 Å². The van der Waals surface area contributed by atoms with E-state index in [0.717, 1.165) is 18.2 Å². The zero-order chi connectivity index (χ0) is 14.7. The lowest BCUT2D eigenvalue weighted by Gasteiger charge is -2.25. The summed E-state index contributed by atoms with van der Waals surface area (Å²) >= 11 is 2.72. The van der Waals surface area contributed by atoms with E-state index in [0.29, 0.717) is 22.4 Å². The second-order valence-electron chi connectivity index (χ2n) is 4.28. The summed E-state index contributed by atoms with van der Waals surface area (Å²) in [7, 11) is 0. The van der Waals surface area contributed by atoms with Gasteiger partial charge in [-0.25, -0.2) is 0 Å². The van der Waals surface area contributed by atoms with Crippen LogP contribution in [0.5, 0.6) is 0 Å². The van der Waals surface area contributed by atoms with Gasteiger partial charge in [-0.15, -0.1) is 10.2 Å². The van der Waals surface area contributed by atoms with Crippen LogP contribution in [0.1, 0.15) is 0 Å². The van der Waals surface area contributed by atoms with Crippen molar-refractivity contribution in [3.63, 3.8) is 0 Å². The second-order valence-corrected chi connectivity index (χ2v) is 6.52. The number of hydrogen-bond donors (Lipinski definition) is 0. The van der Waals surface area contributed by atoms with Gasteiger partial charge in [0, 0.05) is 19.2 Å². The third-order valence-corrected chi connectivity index (χ3v) is 5.04. The first kappa shape index (κ1) is 14.2. The van der Waals surface area contributed by atoms with E-state index in [2.05, 4.69) is 15.1 Å². The van der Waals surface area contributed by atoms with Crippen molar-refractivity contribution >= 4 is 33.9 Å². The molecule has 0 atom stereocenters. The van der Waals surface area contributed by atoms with Crippen LogP contribution in [0.15, 0.2) is 33.5 Å². The molecule has 0 unspecified atom stereocenters. The lowest BCUT2D eigenvalue weighted by atomic mass is 10.3. The molecule has 1 aromatic carbocycles. The minimum Gasteiger partial charge on any atom is -0.378 e. The lowest BCUT2D eigenvalue weighted by molar-refractivity contribution is -0.387. The highest BCUT2D eigenvalue weighted by molar-refractivity contribution is 8.01. The molecule has 1 aromatic heterocycles. The number of morpholine rings is 1. The van der Waals surface area contributed by atoms with Crippen LogP contribution in [0.3, 0.4) is 0 Å². The van der Waals surface area contributed by atoms with Gasteiger partial charge in [0.25, 0.3) is 5.69 Å². The Kier molecular flexibility index (Phi) is 4.32. The molecule has 1 saturated heterocycles. The molecule has 2 heterocycles. The monoisotopic (exact) mass is 324 g/mol. The van der Waals surface area contributed by atoms with E-state index in [1.807, 2.05) is 0 Å². The van der Waals surface area contributed by atoms with Gasteiger partial charge in [-0.1, -0.05) is 23.5 Å². The van der Waals surface area contributed by atoms with E-state index < -0.39 is 0 Å². The molecule has 21 heavy (non-hydrogen) atoms. The van der Waals surface area contributed by atoms with E-state index in [1.54, 1.807) is 18.2 Å². The summed E-state index contributed by atoms with van der Waals surface area (Å²) in [5.41, 5.74) is 0.0885. The summed E-state index contributed by atoms with van der Waals surface area (Å²) < 4.78 is 6.00. The van der Waals surface area contributed by atoms with Crippen molar-refractivity contribution in [3.05, 3.63) is 34.4 Å². The zero-order valence-corrected chi connectivity index (χ0v) is 12.6. The predicted molar refractivity (Wildman–Crippen MR) is 80.2 cm³/mol. The van der Waals surface area contributed by atoms with Gasteiger partial charge in [0.2, 0.25) is 5.13 Å². The van der Waals surface area contributed by atoms with Gasteiger partial charge in [-0.3, -0.25) is 10.1 Å². The Morgan fingerprint density at radius 1 is 1.29 bits per heavy atom. The highest BCUT2D eigenvalue weighted by atomic mass is 32.2. The van der Waals surface area contributed by atoms with Crippen LogP contribution in [0.25, 0.3) is 0 Å². The number of rotatable bonds is 4. The number of nitrogens with zero attached hydrogens (tertiary/aromatic N) is 4. The Balaban J connectivity index is 1.77. The van der Waals surface area contributed by atoms with Crippen molar-refractivity contribution in [2.45, 2.75) is 9.24 Å². The van der Waals surface area contributed by atoms with Gasteiger partial charge < -0.3 is 9.64 Å². The number of benzene rings is 1. The molecule has 1 fully saturated rings. The Bertz CT molecular complexity index is 643. The molecule has 0 amide bonds. The van der Waals surface area contributed by atoms with Gasteiger partial charge in [-0.2, -0.15) is 0 Å². The zero-order valence-electron chi connectivity index (χ0n) is 11.0. The molecule has 0 aliphatic carbocycles. The number of nitro benzene ring substituents is 1. The van der Waals surface area contributed by atoms with E-state index >= 15 is 0 Å². The maximum Gasteiger partial charge on any atom is 0.283 e. The summed E-state index contributed by atoms with van der Waals surface area (Å²) in [6, 6.07) is 6.64. The quantitative estimate of drug-likeness (QED) is 0.631. The van der Waals surface area contributed by atoms with Crippen LogP contribution in [0.4, 0.5) is 10.8 Å². The van der Waals surface area contributed by atoms with Crippen molar-refractivity contribution in [1.29, 1.82) is 0 Å². The van der Waals surface area contributed by atoms with Crippen molar-refractivity contribution in [3.8, 4) is 0 Å². The molecule has 110 valence electrons. The molecule has 2 aromatic rings. The van der Waals surface area contributed by atoms with Gasteiger partial charge in [-0.05, 0) is 17.8 Å². The van der Waals surface area contributed by atoms with E-state index in [1.165, 1.54) is 29.2 Å². The standard InChI is InChI=1S/C12H12N4O3S2/c17-16(18)9-3-1-2-4-10(9)20-12-14-13-11(21-12)15-5-7-19-8-6-15/h1-4H,5-8H2. The van der Waals surface area contributed by atoms with E-state index in [9.17, 15) is 10.1 Å². The minimum atomic E-state index is -0.383. The number of aromatic nitrogens is 2. The highest BCUT2D eigenvalue weighted by Gasteiger charge is 2.19. The van der Waals surface area contributed by atoms with Crippen LogP contribution in [-0.4, -0.2) is 41.4 Å². The summed E-state index contributed by atoms with van der Waals surface area (Å²) in [5.74, 6) is 0. The number of para-hydroxylation sites is 1. The smallest absolute Gasteiger partial charge is 0.283 e. The SMILES string of the molecule is O=[N+]([O-])c1ccccc1Sc1nnc(N2CCOCC2)s1. The fourth-order valence-electron chi connectivity index (χ4n) is 1.91. The van der Waals surface area contributed by atoms with Gasteiger partial charge in [0.15, 0.2) is 4.34 Å². The van der Waals surface area contributed by atoms with Crippen molar-refractivity contribution < 1.29 is 9.66 Å². The number of hydrogen-bond acceptors (Lipinski definition) is 8. The maximum atomic E-state index is 11.0. The van der Waals surface area contributed by atoms with Crippen LogP contribution >= 0.6 is 23.1 Å². The van der Waals surface area contributed by atoms with Gasteiger partial charge >= 0.3 is 0 Å². The molecule has 0 radical (unpaired) electrons. The topological polar surface area (TPSA) is 81.4 Å². The Hall–Kier alpha value is -1.71. The van der Waals surface area contributed by atoms with Crippen molar-refractivity contribution in [2.24, 2.45) is 0 Å². The fourth-order valence-corrected chi connectivity index (χ4v) is 3.87. The molecule has 9 heteroatoms. The van der Waals surface area contributed by atoms with Crippen LogP contribution in [0, 0.1) is 10.1 Å². The summed E-state index contributed by atoms with van der Waals surface area (Å²) in [6.07, 6.45) is 0. The largest absolute Gasteiger partial charge is 0.378 e. The maximum absolute atomic E-state index is 11.0. The molecule has 0 saturated carbocycles. The summed E-state index contributed by atoms with van der Waals surface area (Å²) in [5, 5.41) is 20.1. The second kappa shape index (κ2) is 6.37. The normalized spacial score (nSPS) is 15.1. The average molecular weight is 324 g/mol. The first-order chi connectivity index (χ1) is 10.2. The first-order valence-electron chi connectivity index (χ1n) is 6.31. The third kappa shape index (κ3) is 3.31. The first-order valence-corrected chi connectivity index (χ1v) is 7.95. The van der Waals surface area contributed by atoms with Gasteiger partial charge in [0.1, 0.15) is 0 Å². The average Bonchev–Trinajstić information content (AvgIpc) is 2.97. The number of nitro groups is 1. The Morgan fingerprint density at radius 3 is 2.81 bits per heavy atom. The van der Waals surface area contributed by atoms with Crippen molar-refractivity contribution in [2.75, 3.05) is 31.2 Å². The molecular weight excluding hydrogens is 312 g/mol.